The minimum atomic E-state index is -3.22. The second-order valence-electron chi connectivity index (χ2n) is 8.69. The van der Waals surface area contributed by atoms with Gasteiger partial charge in [0.2, 0.25) is 5.76 Å². The Bertz CT molecular complexity index is 1400. The van der Waals surface area contributed by atoms with Crippen LogP contribution in [0.1, 0.15) is 50.8 Å². The molecule has 3 heterocycles. The molecule has 2 aliphatic heterocycles. The lowest BCUT2D eigenvalue weighted by molar-refractivity contribution is 0.0662. The predicted octanol–water partition coefficient (Wildman–Crippen LogP) is 3.45. The van der Waals surface area contributed by atoms with Gasteiger partial charge < -0.3 is 9.32 Å². The van der Waals surface area contributed by atoms with Gasteiger partial charge in [-0.25, -0.2) is 8.42 Å². The van der Waals surface area contributed by atoms with Crippen molar-refractivity contribution in [1.29, 1.82) is 0 Å². The molecule has 3 aromatic rings. The van der Waals surface area contributed by atoms with Crippen LogP contribution in [0.2, 0.25) is 0 Å². The number of fused-ring (bicyclic) bond motifs is 2. The third-order valence-corrected chi connectivity index (χ3v) is 8.27. The summed E-state index contributed by atoms with van der Waals surface area (Å²) >= 11 is 0. The Morgan fingerprint density at radius 2 is 1.68 bits per heavy atom. The Kier molecular flexibility index (Phi) is 4.38. The number of carbonyl (C=O) groups excluding carboxylic acids is 1. The van der Waals surface area contributed by atoms with E-state index in [0.717, 1.165) is 22.3 Å². The zero-order valence-corrected chi connectivity index (χ0v) is 18.5. The van der Waals surface area contributed by atoms with Crippen molar-refractivity contribution in [1.82, 2.24) is 4.90 Å². The van der Waals surface area contributed by atoms with Crippen LogP contribution in [0.3, 0.4) is 0 Å². The van der Waals surface area contributed by atoms with Crippen molar-refractivity contribution in [2.75, 3.05) is 11.5 Å². The van der Waals surface area contributed by atoms with E-state index in [9.17, 15) is 18.0 Å². The SMILES string of the molecule is Cc1ccc(C2c3c(oc4cc(C)c(C)cc4c3=O)C(=O)N2C2CCS(=O)(=O)C2)cc1. The van der Waals surface area contributed by atoms with Crippen molar-refractivity contribution >= 4 is 26.7 Å². The molecule has 2 aliphatic rings. The van der Waals surface area contributed by atoms with Gasteiger partial charge in [0.05, 0.1) is 28.5 Å². The lowest BCUT2D eigenvalue weighted by Gasteiger charge is -2.30. The first-order valence-electron chi connectivity index (χ1n) is 10.3. The molecule has 2 unspecified atom stereocenters. The first kappa shape index (κ1) is 20.0. The van der Waals surface area contributed by atoms with Gasteiger partial charge in [0.15, 0.2) is 15.3 Å². The number of carbonyl (C=O) groups is 1. The predicted molar refractivity (Wildman–Crippen MR) is 118 cm³/mol. The molecule has 1 amide bonds. The fourth-order valence-electron chi connectivity index (χ4n) is 4.69. The van der Waals surface area contributed by atoms with E-state index in [-0.39, 0.29) is 22.7 Å². The molecule has 160 valence electrons. The molecule has 6 nitrogen and oxygen atoms in total. The monoisotopic (exact) mass is 437 g/mol. The summed E-state index contributed by atoms with van der Waals surface area (Å²) in [6.07, 6.45) is 0.357. The zero-order chi connectivity index (χ0) is 22.1. The zero-order valence-electron chi connectivity index (χ0n) is 17.6. The molecule has 1 fully saturated rings. The van der Waals surface area contributed by atoms with E-state index in [1.54, 1.807) is 17.0 Å². The number of rotatable bonds is 2. The van der Waals surface area contributed by atoms with Gasteiger partial charge in [-0.1, -0.05) is 29.8 Å². The van der Waals surface area contributed by atoms with Crippen LogP contribution in [0, 0.1) is 20.8 Å². The van der Waals surface area contributed by atoms with Crippen LogP contribution in [0.15, 0.2) is 45.6 Å². The van der Waals surface area contributed by atoms with E-state index >= 15 is 0 Å². The van der Waals surface area contributed by atoms with Crippen LogP contribution in [-0.4, -0.2) is 36.8 Å². The normalized spacial score (nSPS) is 22.3. The van der Waals surface area contributed by atoms with Gasteiger partial charge in [-0.15, -0.1) is 0 Å². The van der Waals surface area contributed by atoms with Crippen LogP contribution in [0.25, 0.3) is 11.0 Å². The smallest absolute Gasteiger partial charge is 0.291 e. The molecule has 2 aromatic carbocycles. The largest absolute Gasteiger partial charge is 0.450 e. The van der Waals surface area contributed by atoms with E-state index in [4.69, 9.17) is 4.42 Å². The van der Waals surface area contributed by atoms with Crippen molar-refractivity contribution in [3.8, 4) is 0 Å². The molecule has 0 N–H and O–H groups in total. The minimum Gasteiger partial charge on any atom is -0.450 e. The summed E-state index contributed by atoms with van der Waals surface area (Å²) in [6.45, 7) is 5.82. The summed E-state index contributed by atoms with van der Waals surface area (Å²) in [6, 6.07) is 10.1. The molecule has 1 saturated heterocycles. The average Bonchev–Trinajstić information content (AvgIpc) is 3.21. The highest BCUT2D eigenvalue weighted by molar-refractivity contribution is 7.91. The molecule has 7 heteroatoms. The van der Waals surface area contributed by atoms with Crippen molar-refractivity contribution in [2.24, 2.45) is 0 Å². The number of hydrogen-bond acceptors (Lipinski definition) is 5. The molecule has 1 aromatic heterocycles. The summed E-state index contributed by atoms with van der Waals surface area (Å²) in [4.78, 5) is 28.7. The Balaban J connectivity index is 1.77. The molecule has 0 spiro atoms. The quantitative estimate of drug-likeness (QED) is 0.613. The van der Waals surface area contributed by atoms with Crippen molar-refractivity contribution in [3.05, 3.63) is 80.2 Å². The number of benzene rings is 2. The molecule has 0 saturated carbocycles. The number of amides is 1. The average molecular weight is 438 g/mol. The maximum Gasteiger partial charge on any atom is 0.291 e. The van der Waals surface area contributed by atoms with Crippen LogP contribution in [0.5, 0.6) is 0 Å². The Morgan fingerprint density at radius 3 is 2.32 bits per heavy atom. The lowest BCUT2D eigenvalue weighted by Crippen LogP contribution is -2.40. The molecular weight excluding hydrogens is 414 g/mol. The van der Waals surface area contributed by atoms with Crippen molar-refractivity contribution in [2.45, 2.75) is 39.3 Å². The van der Waals surface area contributed by atoms with E-state index < -0.39 is 27.8 Å². The van der Waals surface area contributed by atoms with E-state index in [0.29, 0.717) is 23.0 Å². The molecule has 5 rings (SSSR count). The van der Waals surface area contributed by atoms with Gasteiger partial charge >= 0.3 is 0 Å². The molecule has 31 heavy (non-hydrogen) atoms. The van der Waals surface area contributed by atoms with Gasteiger partial charge in [0.1, 0.15) is 5.58 Å². The van der Waals surface area contributed by atoms with Crippen LogP contribution in [-0.2, 0) is 9.84 Å². The first-order valence-corrected chi connectivity index (χ1v) is 12.2. The fourth-order valence-corrected chi connectivity index (χ4v) is 6.40. The topological polar surface area (TPSA) is 84.7 Å². The minimum absolute atomic E-state index is 0.0237. The first-order chi connectivity index (χ1) is 14.7. The summed E-state index contributed by atoms with van der Waals surface area (Å²) in [5.41, 5.74) is 4.21. The van der Waals surface area contributed by atoms with E-state index in [1.807, 2.05) is 45.0 Å². The maximum atomic E-state index is 13.6. The van der Waals surface area contributed by atoms with Crippen LogP contribution >= 0.6 is 0 Å². The Labute approximate surface area is 180 Å². The molecule has 0 bridgehead atoms. The summed E-state index contributed by atoms with van der Waals surface area (Å²) in [5.74, 6) is -0.447. The molecule has 0 radical (unpaired) electrons. The Hall–Kier alpha value is -2.93. The summed E-state index contributed by atoms with van der Waals surface area (Å²) < 4.78 is 30.4. The number of nitrogens with zero attached hydrogens (tertiary/aromatic N) is 1. The fraction of sp³-hybridized carbons (Fsp3) is 0.333. The van der Waals surface area contributed by atoms with Crippen molar-refractivity contribution < 1.29 is 17.6 Å². The summed E-state index contributed by atoms with van der Waals surface area (Å²) in [5, 5.41) is 0.438. The molecule has 2 atom stereocenters. The van der Waals surface area contributed by atoms with Gasteiger partial charge in [-0.2, -0.15) is 0 Å². The summed E-state index contributed by atoms with van der Waals surface area (Å²) in [7, 11) is -3.22. The highest BCUT2D eigenvalue weighted by Gasteiger charge is 2.48. The van der Waals surface area contributed by atoms with Crippen LogP contribution in [0.4, 0.5) is 0 Å². The van der Waals surface area contributed by atoms with E-state index in [1.165, 1.54) is 0 Å². The highest BCUT2D eigenvalue weighted by Crippen LogP contribution is 2.41. The van der Waals surface area contributed by atoms with Gasteiger partial charge in [-0.05, 0) is 56.0 Å². The molecule has 0 aliphatic carbocycles. The third kappa shape index (κ3) is 3.10. The third-order valence-electron chi connectivity index (χ3n) is 6.52. The second-order valence-corrected chi connectivity index (χ2v) is 10.9. The number of aryl methyl sites for hydroxylation is 3. The van der Waals surface area contributed by atoms with Crippen molar-refractivity contribution in [3.63, 3.8) is 0 Å². The second kappa shape index (κ2) is 6.79. The number of hydrogen-bond donors (Lipinski definition) is 0. The molecular formula is C24H23NO5S. The Morgan fingerprint density at radius 1 is 1.00 bits per heavy atom. The standard InChI is InChI=1S/C24H23NO5S/c1-13-4-6-16(7-5-13)21-20-22(26)18-10-14(2)15(3)11-19(18)30-23(20)24(27)25(21)17-8-9-31(28,29)12-17/h4-7,10-11,17,21H,8-9,12H2,1-3H3. The van der Waals surface area contributed by atoms with E-state index in [2.05, 4.69) is 0 Å². The highest BCUT2D eigenvalue weighted by atomic mass is 32.2. The number of sulfone groups is 1. The lowest BCUT2D eigenvalue weighted by atomic mass is 9.96. The van der Waals surface area contributed by atoms with Gasteiger partial charge in [0, 0.05) is 6.04 Å². The van der Waals surface area contributed by atoms with Gasteiger partial charge in [0.25, 0.3) is 5.91 Å². The van der Waals surface area contributed by atoms with Gasteiger partial charge in [-0.3, -0.25) is 9.59 Å². The van der Waals surface area contributed by atoms with Crippen LogP contribution < -0.4 is 5.43 Å². The maximum absolute atomic E-state index is 13.6.